The number of nitrogens with zero attached hydrogens (tertiary/aromatic N) is 3. The van der Waals surface area contributed by atoms with E-state index in [0.717, 1.165) is 16.4 Å². The molecule has 1 amide bonds. The molecule has 0 saturated heterocycles. The molecule has 3 aromatic rings. The Kier molecular flexibility index (Phi) is 4.78. The predicted octanol–water partition coefficient (Wildman–Crippen LogP) is 3.66. The predicted molar refractivity (Wildman–Crippen MR) is 94.7 cm³/mol. The lowest BCUT2D eigenvalue weighted by Gasteiger charge is -2.09. The lowest BCUT2D eigenvalue weighted by molar-refractivity contribution is -0.115. The van der Waals surface area contributed by atoms with Crippen molar-refractivity contribution in [2.75, 3.05) is 5.32 Å². The standard InChI is InChI=1S/C16H16N4OS2/c1-11(23-16-17-8-9-20(16)2)14(21)19-15-18-13(10-22-15)12-6-4-3-5-7-12/h3-11H,1-2H3,(H,18,19,21)/t11-/m0/s1. The molecule has 2 heterocycles. The Labute approximate surface area is 142 Å². The van der Waals surface area contributed by atoms with E-state index in [1.165, 1.54) is 23.1 Å². The van der Waals surface area contributed by atoms with E-state index in [9.17, 15) is 4.79 Å². The number of nitrogens with one attached hydrogen (secondary N) is 1. The molecule has 0 saturated carbocycles. The van der Waals surface area contributed by atoms with Crippen molar-refractivity contribution in [3.8, 4) is 11.3 Å². The van der Waals surface area contributed by atoms with Gasteiger partial charge in [0.2, 0.25) is 5.91 Å². The number of thiazole rings is 1. The van der Waals surface area contributed by atoms with Crippen LogP contribution in [0, 0.1) is 0 Å². The summed E-state index contributed by atoms with van der Waals surface area (Å²) in [6, 6.07) is 9.91. The molecule has 1 N–H and O–H groups in total. The van der Waals surface area contributed by atoms with Crippen LogP contribution in [0.25, 0.3) is 11.3 Å². The first-order valence-electron chi connectivity index (χ1n) is 7.09. The molecule has 7 heteroatoms. The van der Waals surface area contributed by atoms with E-state index < -0.39 is 0 Å². The van der Waals surface area contributed by atoms with E-state index in [1.54, 1.807) is 6.20 Å². The number of imidazole rings is 1. The number of rotatable bonds is 5. The molecule has 0 fully saturated rings. The largest absolute Gasteiger partial charge is 0.329 e. The lowest BCUT2D eigenvalue weighted by atomic mass is 10.2. The Hall–Kier alpha value is -2.12. The first-order chi connectivity index (χ1) is 11.1. The number of thioether (sulfide) groups is 1. The fourth-order valence-corrected chi connectivity index (χ4v) is 3.51. The third-order valence-electron chi connectivity index (χ3n) is 3.23. The summed E-state index contributed by atoms with van der Waals surface area (Å²) in [5.41, 5.74) is 1.91. The van der Waals surface area contributed by atoms with Gasteiger partial charge in [-0.05, 0) is 6.92 Å². The molecule has 23 heavy (non-hydrogen) atoms. The van der Waals surface area contributed by atoms with Crippen LogP contribution in [0.3, 0.4) is 0 Å². The van der Waals surface area contributed by atoms with Crippen LogP contribution in [0.4, 0.5) is 5.13 Å². The zero-order valence-corrected chi connectivity index (χ0v) is 14.4. The van der Waals surface area contributed by atoms with Crippen LogP contribution < -0.4 is 5.32 Å². The molecule has 2 aromatic heterocycles. The SMILES string of the molecule is C[C@H](Sc1nccn1C)C(=O)Nc1nc(-c2ccccc2)cs1. The Morgan fingerprint density at radius 3 is 2.83 bits per heavy atom. The maximum atomic E-state index is 12.3. The van der Waals surface area contributed by atoms with Gasteiger partial charge in [0.1, 0.15) is 0 Å². The van der Waals surface area contributed by atoms with E-state index in [2.05, 4.69) is 15.3 Å². The highest BCUT2D eigenvalue weighted by atomic mass is 32.2. The highest BCUT2D eigenvalue weighted by Gasteiger charge is 2.18. The smallest absolute Gasteiger partial charge is 0.239 e. The summed E-state index contributed by atoms with van der Waals surface area (Å²) >= 11 is 2.85. The summed E-state index contributed by atoms with van der Waals surface area (Å²) in [6.45, 7) is 1.86. The molecular weight excluding hydrogens is 328 g/mol. The minimum absolute atomic E-state index is 0.0769. The van der Waals surface area contributed by atoms with Crippen LogP contribution in [-0.4, -0.2) is 25.7 Å². The number of benzene rings is 1. The third-order valence-corrected chi connectivity index (χ3v) is 5.16. The topological polar surface area (TPSA) is 59.8 Å². The van der Waals surface area contributed by atoms with Crippen molar-refractivity contribution in [2.24, 2.45) is 7.05 Å². The van der Waals surface area contributed by atoms with Crippen LogP contribution in [0.15, 0.2) is 53.3 Å². The minimum Gasteiger partial charge on any atom is -0.329 e. The number of carbonyl (C=O) groups excluding carboxylic acids is 1. The van der Waals surface area contributed by atoms with E-state index >= 15 is 0 Å². The van der Waals surface area contributed by atoms with Crippen molar-refractivity contribution in [3.05, 3.63) is 48.1 Å². The summed E-state index contributed by atoms with van der Waals surface area (Å²) in [6.07, 6.45) is 3.58. The molecule has 0 bridgehead atoms. The molecule has 0 aliphatic rings. The Morgan fingerprint density at radius 2 is 2.13 bits per heavy atom. The van der Waals surface area contributed by atoms with Crippen LogP contribution >= 0.6 is 23.1 Å². The van der Waals surface area contributed by atoms with Gasteiger partial charge in [0.15, 0.2) is 10.3 Å². The second-order valence-corrected chi connectivity index (χ2v) is 7.14. The van der Waals surface area contributed by atoms with Gasteiger partial charge in [-0.25, -0.2) is 9.97 Å². The summed E-state index contributed by atoms with van der Waals surface area (Å²) in [5, 5.41) is 6.00. The van der Waals surface area contributed by atoms with Gasteiger partial charge in [-0.15, -0.1) is 11.3 Å². The molecule has 0 radical (unpaired) electrons. The fraction of sp³-hybridized carbons (Fsp3) is 0.188. The van der Waals surface area contributed by atoms with E-state index in [0.29, 0.717) is 5.13 Å². The first-order valence-corrected chi connectivity index (χ1v) is 8.85. The van der Waals surface area contributed by atoms with Crippen LogP contribution in [0.1, 0.15) is 6.92 Å². The number of hydrogen-bond donors (Lipinski definition) is 1. The van der Waals surface area contributed by atoms with E-state index in [4.69, 9.17) is 0 Å². The molecule has 0 aliphatic carbocycles. The fourth-order valence-electron chi connectivity index (χ4n) is 1.96. The number of carbonyl (C=O) groups is 1. The van der Waals surface area contributed by atoms with Crippen LogP contribution in [0.5, 0.6) is 0 Å². The zero-order chi connectivity index (χ0) is 16.2. The minimum atomic E-state index is -0.250. The summed E-state index contributed by atoms with van der Waals surface area (Å²) < 4.78 is 1.89. The van der Waals surface area contributed by atoms with Crippen LogP contribution in [-0.2, 0) is 11.8 Å². The van der Waals surface area contributed by atoms with Gasteiger partial charge in [0, 0.05) is 30.4 Å². The highest BCUT2D eigenvalue weighted by molar-refractivity contribution is 8.00. The maximum absolute atomic E-state index is 12.3. The highest BCUT2D eigenvalue weighted by Crippen LogP contribution is 2.26. The number of amides is 1. The third kappa shape index (κ3) is 3.80. The summed E-state index contributed by atoms with van der Waals surface area (Å²) in [4.78, 5) is 21.0. The molecule has 1 aromatic carbocycles. The second kappa shape index (κ2) is 6.97. The average Bonchev–Trinajstić information content (AvgIpc) is 3.18. The van der Waals surface area contributed by atoms with Gasteiger partial charge in [0.25, 0.3) is 0 Å². The average molecular weight is 344 g/mol. The Morgan fingerprint density at radius 1 is 1.35 bits per heavy atom. The Bertz CT molecular complexity index is 797. The number of aryl methyl sites for hydroxylation is 1. The van der Waals surface area contributed by atoms with Gasteiger partial charge >= 0.3 is 0 Å². The molecule has 3 rings (SSSR count). The van der Waals surface area contributed by atoms with Crippen LogP contribution in [0.2, 0.25) is 0 Å². The number of hydrogen-bond acceptors (Lipinski definition) is 5. The maximum Gasteiger partial charge on any atom is 0.239 e. The van der Waals surface area contributed by atoms with Gasteiger partial charge < -0.3 is 9.88 Å². The first kappa shape index (κ1) is 15.8. The van der Waals surface area contributed by atoms with Gasteiger partial charge in [-0.1, -0.05) is 42.1 Å². The van der Waals surface area contributed by atoms with Gasteiger partial charge in [-0.2, -0.15) is 0 Å². The van der Waals surface area contributed by atoms with E-state index in [1.807, 2.05) is 60.4 Å². The molecule has 1 atom stereocenters. The molecule has 118 valence electrons. The summed E-state index contributed by atoms with van der Waals surface area (Å²) in [5.74, 6) is -0.0769. The van der Waals surface area contributed by atoms with Crippen molar-refractivity contribution in [3.63, 3.8) is 0 Å². The van der Waals surface area contributed by atoms with Crippen molar-refractivity contribution in [1.82, 2.24) is 14.5 Å². The molecule has 0 spiro atoms. The van der Waals surface area contributed by atoms with Crippen molar-refractivity contribution >= 4 is 34.1 Å². The number of anilines is 1. The van der Waals surface area contributed by atoms with Gasteiger partial charge in [-0.3, -0.25) is 4.79 Å². The number of aromatic nitrogens is 3. The zero-order valence-electron chi connectivity index (χ0n) is 12.8. The quantitative estimate of drug-likeness (QED) is 0.718. The van der Waals surface area contributed by atoms with E-state index in [-0.39, 0.29) is 11.2 Å². The van der Waals surface area contributed by atoms with Crippen molar-refractivity contribution in [2.45, 2.75) is 17.3 Å². The summed E-state index contributed by atoms with van der Waals surface area (Å²) in [7, 11) is 1.91. The Balaban J connectivity index is 1.64. The van der Waals surface area contributed by atoms with Gasteiger partial charge in [0.05, 0.1) is 10.9 Å². The monoisotopic (exact) mass is 344 g/mol. The normalized spacial score (nSPS) is 12.1. The van der Waals surface area contributed by atoms with Crippen molar-refractivity contribution < 1.29 is 4.79 Å². The molecular formula is C16H16N4OS2. The molecule has 0 unspecified atom stereocenters. The van der Waals surface area contributed by atoms with Crippen molar-refractivity contribution in [1.29, 1.82) is 0 Å². The molecule has 5 nitrogen and oxygen atoms in total. The molecule has 0 aliphatic heterocycles. The second-order valence-electron chi connectivity index (χ2n) is 4.97. The lowest BCUT2D eigenvalue weighted by Crippen LogP contribution is -2.22.